The van der Waals surface area contributed by atoms with E-state index in [2.05, 4.69) is 33.9 Å². The Morgan fingerprint density at radius 3 is 2.18 bits per heavy atom. The van der Waals surface area contributed by atoms with Crippen LogP contribution in [0.2, 0.25) is 0 Å². The van der Waals surface area contributed by atoms with Gasteiger partial charge in [0.25, 0.3) is 0 Å². The first kappa shape index (κ1) is 18.1. The Balaban J connectivity index is 1.92. The molecule has 0 amide bonds. The van der Waals surface area contributed by atoms with Crippen molar-refractivity contribution in [2.75, 3.05) is 21.3 Å². The molecular formula is C22H20N2O3S. The largest absolute Gasteiger partial charge is 0.496 e. The number of methoxy groups -OCH3 is 3. The molecule has 4 aromatic rings. The molecule has 2 aromatic heterocycles. The van der Waals surface area contributed by atoms with Crippen LogP contribution in [-0.4, -0.2) is 31.3 Å². The van der Waals surface area contributed by atoms with Gasteiger partial charge in [-0.1, -0.05) is 30.3 Å². The lowest BCUT2D eigenvalue weighted by Gasteiger charge is -2.12. The SMILES string of the molecule is COc1cc(OC)c(-c2nc(-c3ccsc3)c(-c3ccccc3)[nH]2)cc1OC. The molecule has 2 heterocycles. The normalized spacial score (nSPS) is 10.7. The molecule has 0 bridgehead atoms. The van der Waals surface area contributed by atoms with E-state index in [9.17, 15) is 0 Å². The molecule has 0 aliphatic rings. The lowest BCUT2D eigenvalue weighted by Crippen LogP contribution is -1.95. The first-order valence-corrected chi connectivity index (χ1v) is 9.67. The quantitative estimate of drug-likeness (QED) is 0.471. The van der Waals surface area contributed by atoms with E-state index in [1.165, 1.54) is 0 Å². The van der Waals surface area contributed by atoms with E-state index in [1.807, 2.05) is 30.3 Å². The van der Waals surface area contributed by atoms with Gasteiger partial charge in [0.05, 0.1) is 38.3 Å². The van der Waals surface area contributed by atoms with Crippen LogP contribution in [-0.2, 0) is 0 Å². The van der Waals surface area contributed by atoms with Crippen molar-refractivity contribution in [1.82, 2.24) is 9.97 Å². The van der Waals surface area contributed by atoms with Gasteiger partial charge in [-0.2, -0.15) is 11.3 Å². The molecule has 6 heteroatoms. The Morgan fingerprint density at radius 2 is 1.54 bits per heavy atom. The molecule has 5 nitrogen and oxygen atoms in total. The first-order chi connectivity index (χ1) is 13.7. The predicted molar refractivity (Wildman–Crippen MR) is 112 cm³/mol. The maximum atomic E-state index is 5.59. The van der Waals surface area contributed by atoms with E-state index >= 15 is 0 Å². The maximum Gasteiger partial charge on any atom is 0.164 e. The summed E-state index contributed by atoms with van der Waals surface area (Å²) in [6.07, 6.45) is 0. The van der Waals surface area contributed by atoms with E-state index in [-0.39, 0.29) is 0 Å². The summed E-state index contributed by atoms with van der Waals surface area (Å²) in [5, 5.41) is 4.15. The van der Waals surface area contributed by atoms with Gasteiger partial charge in [-0.3, -0.25) is 0 Å². The van der Waals surface area contributed by atoms with Crippen LogP contribution in [0.4, 0.5) is 0 Å². The second kappa shape index (κ2) is 7.78. The maximum absolute atomic E-state index is 5.59. The number of thiophene rings is 1. The van der Waals surface area contributed by atoms with Crippen molar-refractivity contribution in [3.63, 3.8) is 0 Å². The molecule has 0 fully saturated rings. The molecular weight excluding hydrogens is 372 g/mol. The summed E-state index contributed by atoms with van der Waals surface area (Å²) in [5.74, 6) is 2.59. The van der Waals surface area contributed by atoms with Crippen LogP contribution in [0.1, 0.15) is 0 Å². The number of imidazole rings is 1. The highest BCUT2D eigenvalue weighted by Crippen LogP contribution is 2.41. The van der Waals surface area contributed by atoms with Crippen LogP contribution in [0.15, 0.2) is 59.3 Å². The van der Waals surface area contributed by atoms with E-state index in [1.54, 1.807) is 32.7 Å². The number of nitrogens with zero attached hydrogens (tertiary/aromatic N) is 1. The smallest absolute Gasteiger partial charge is 0.164 e. The van der Waals surface area contributed by atoms with Gasteiger partial charge in [0, 0.05) is 22.6 Å². The van der Waals surface area contributed by atoms with Crippen molar-refractivity contribution in [3.05, 3.63) is 59.3 Å². The summed E-state index contributed by atoms with van der Waals surface area (Å²) in [6, 6.07) is 15.9. The number of nitrogens with one attached hydrogen (secondary N) is 1. The molecule has 0 aliphatic carbocycles. The third-order valence-corrected chi connectivity index (χ3v) is 5.20. The number of benzene rings is 2. The molecule has 0 atom stereocenters. The fraction of sp³-hybridized carbons (Fsp3) is 0.136. The molecule has 4 rings (SSSR count). The highest BCUT2D eigenvalue weighted by molar-refractivity contribution is 7.08. The molecule has 0 saturated heterocycles. The van der Waals surface area contributed by atoms with Crippen molar-refractivity contribution >= 4 is 11.3 Å². The lowest BCUT2D eigenvalue weighted by atomic mass is 10.1. The third-order valence-electron chi connectivity index (χ3n) is 4.52. The molecule has 2 aromatic carbocycles. The van der Waals surface area contributed by atoms with Crippen LogP contribution in [0, 0.1) is 0 Å². The Labute approximate surface area is 167 Å². The number of hydrogen-bond acceptors (Lipinski definition) is 5. The Morgan fingerprint density at radius 1 is 0.821 bits per heavy atom. The third kappa shape index (κ3) is 3.23. The van der Waals surface area contributed by atoms with Crippen LogP contribution in [0.25, 0.3) is 33.9 Å². The zero-order valence-corrected chi connectivity index (χ0v) is 16.7. The van der Waals surface area contributed by atoms with E-state index in [0.29, 0.717) is 23.1 Å². The molecule has 28 heavy (non-hydrogen) atoms. The van der Waals surface area contributed by atoms with E-state index < -0.39 is 0 Å². The molecule has 1 N–H and O–H groups in total. The van der Waals surface area contributed by atoms with Crippen molar-refractivity contribution in [1.29, 1.82) is 0 Å². The number of H-pyrrole nitrogens is 1. The molecule has 0 aliphatic heterocycles. The molecule has 142 valence electrons. The van der Waals surface area contributed by atoms with Crippen LogP contribution >= 0.6 is 11.3 Å². The second-order valence-corrected chi connectivity index (χ2v) is 6.87. The first-order valence-electron chi connectivity index (χ1n) is 8.73. The topological polar surface area (TPSA) is 56.4 Å². The van der Waals surface area contributed by atoms with E-state index in [0.717, 1.165) is 28.1 Å². The minimum absolute atomic E-state index is 0.607. The average Bonchev–Trinajstić information content (AvgIpc) is 3.43. The van der Waals surface area contributed by atoms with Crippen molar-refractivity contribution < 1.29 is 14.2 Å². The standard InChI is InChI=1S/C22H20N2O3S/c1-25-17-12-19(27-3)18(26-2)11-16(17)22-23-20(14-7-5-4-6-8-14)21(24-22)15-9-10-28-13-15/h4-13H,1-3H3,(H,23,24). The summed E-state index contributed by atoms with van der Waals surface area (Å²) in [5.41, 5.74) is 4.82. The summed E-state index contributed by atoms with van der Waals surface area (Å²) in [7, 11) is 4.85. The average molecular weight is 392 g/mol. The predicted octanol–water partition coefficient (Wildman–Crippen LogP) is 5.50. The van der Waals surface area contributed by atoms with Crippen LogP contribution in [0.5, 0.6) is 17.2 Å². The van der Waals surface area contributed by atoms with Gasteiger partial charge in [-0.25, -0.2) is 4.98 Å². The summed E-state index contributed by atoms with van der Waals surface area (Å²) < 4.78 is 16.5. The van der Waals surface area contributed by atoms with E-state index in [4.69, 9.17) is 19.2 Å². The van der Waals surface area contributed by atoms with Gasteiger partial charge in [-0.05, 0) is 17.5 Å². The zero-order chi connectivity index (χ0) is 19.5. The number of rotatable bonds is 6. The summed E-state index contributed by atoms with van der Waals surface area (Å²) in [4.78, 5) is 8.40. The fourth-order valence-corrected chi connectivity index (χ4v) is 3.78. The van der Waals surface area contributed by atoms with Crippen LogP contribution < -0.4 is 14.2 Å². The number of hydrogen-bond donors (Lipinski definition) is 1. The van der Waals surface area contributed by atoms with Crippen LogP contribution in [0.3, 0.4) is 0 Å². The summed E-state index contributed by atoms with van der Waals surface area (Å²) in [6.45, 7) is 0. The Hall–Kier alpha value is -3.25. The molecule has 0 radical (unpaired) electrons. The van der Waals surface area contributed by atoms with Crippen molar-refractivity contribution in [2.45, 2.75) is 0 Å². The van der Waals surface area contributed by atoms with Gasteiger partial charge in [-0.15, -0.1) is 0 Å². The Bertz CT molecular complexity index is 1070. The zero-order valence-electron chi connectivity index (χ0n) is 15.9. The number of aromatic amines is 1. The van der Waals surface area contributed by atoms with Gasteiger partial charge >= 0.3 is 0 Å². The highest BCUT2D eigenvalue weighted by atomic mass is 32.1. The molecule has 0 unspecified atom stereocenters. The van der Waals surface area contributed by atoms with Crippen molar-refractivity contribution in [2.24, 2.45) is 0 Å². The molecule has 0 spiro atoms. The minimum atomic E-state index is 0.607. The number of aromatic nitrogens is 2. The second-order valence-electron chi connectivity index (χ2n) is 6.09. The summed E-state index contributed by atoms with van der Waals surface area (Å²) >= 11 is 1.65. The minimum Gasteiger partial charge on any atom is -0.496 e. The number of ether oxygens (including phenoxy) is 3. The highest BCUT2D eigenvalue weighted by Gasteiger charge is 2.20. The van der Waals surface area contributed by atoms with Crippen molar-refractivity contribution in [3.8, 4) is 51.2 Å². The molecule has 0 saturated carbocycles. The Kier molecular flexibility index (Phi) is 5.04. The van der Waals surface area contributed by atoms with Gasteiger partial charge in [0.1, 0.15) is 11.6 Å². The lowest BCUT2D eigenvalue weighted by molar-refractivity contribution is 0.349. The monoisotopic (exact) mass is 392 g/mol. The fourth-order valence-electron chi connectivity index (χ4n) is 3.14. The van der Waals surface area contributed by atoms with Gasteiger partial charge in [0.15, 0.2) is 11.5 Å². The van der Waals surface area contributed by atoms with Gasteiger partial charge < -0.3 is 19.2 Å². The van der Waals surface area contributed by atoms with Gasteiger partial charge in [0.2, 0.25) is 0 Å².